The lowest BCUT2D eigenvalue weighted by molar-refractivity contribution is -0.115. The molecule has 0 bridgehead atoms. The Balaban J connectivity index is 1.78. The molecule has 0 saturated carbocycles. The second-order valence-electron chi connectivity index (χ2n) is 5.13. The molecule has 0 aliphatic carbocycles. The zero-order chi connectivity index (χ0) is 18.0. The average Bonchev–Trinajstić information content (AvgIpc) is 2.98. The van der Waals surface area contributed by atoms with Crippen LogP contribution in [0.1, 0.15) is 6.92 Å². The third-order valence-corrected chi connectivity index (χ3v) is 4.95. The van der Waals surface area contributed by atoms with Crippen molar-refractivity contribution in [3.63, 3.8) is 0 Å². The standard InChI is InChI=1S/C16H14Cl2N4O2S/c1-9(15(23)19-12-5-3-4-6-13(12)24-2)25-16-21-20-14-11(18)7-10(17)8-22(14)16/h3-9H,1-2H3,(H,19,23)/t9-/m0/s1. The molecule has 1 atom stereocenters. The van der Waals surface area contributed by atoms with E-state index in [1.807, 2.05) is 12.1 Å². The number of nitrogens with zero attached hydrogens (tertiary/aromatic N) is 3. The van der Waals surface area contributed by atoms with Crippen molar-refractivity contribution in [3.05, 3.63) is 46.6 Å². The fourth-order valence-corrected chi connectivity index (χ4v) is 3.51. The number of carbonyl (C=O) groups excluding carboxylic acids is 1. The lowest BCUT2D eigenvalue weighted by Gasteiger charge is -2.13. The zero-order valence-electron chi connectivity index (χ0n) is 13.4. The number of hydrogen-bond donors (Lipinski definition) is 1. The number of rotatable bonds is 5. The third kappa shape index (κ3) is 3.84. The summed E-state index contributed by atoms with van der Waals surface area (Å²) in [5.41, 5.74) is 1.10. The van der Waals surface area contributed by atoms with Crippen LogP contribution in [0.25, 0.3) is 5.65 Å². The summed E-state index contributed by atoms with van der Waals surface area (Å²) in [4.78, 5) is 12.5. The fraction of sp³-hybridized carbons (Fsp3) is 0.188. The molecule has 3 rings (SSSR count). The number of hydrogen-bond acceptors (Lipinski definition) is 5. The van der Waals surface area contributed by atoms with Gasteiger partial charge in [0.2, 0.25) is 5.91 Å². The van der Waals surface area contributed by atoms with E-state index in [-0.39, 0.29) is 5.91 Å². The van der Waals surface area contributed by atoms with E-state index in [1.165, 1.54) is 11.8 Å². The Bertz CT molecular complexity index is 932. The topological polar surface area (TPSA) is 68.5 Å². The van der Waals surface area contributed by atoms with Crippen LogP contribution < -0.4 is 10.1 Å². The number of amides is 1. The molecule has 0 saturated heterocycles. The maximum atomic E-state index is 12.5. The predicted octanol–water partition coefficient (Wildman–Crippen LogP) is 4.16. The van der Waals surface area contributed by atoms with Gasteiger partial charge < -0.3 is 10.1 Å². The van der Waals surface area contributed by atoms with Gasteiger partial charge in [-0.2, -0.15) is 0 Å². The van der Waals surface area contributed by atoms with Crippen molar-refractivity contribution >= 4 is 52.2 Å². The molecule has 0 aliphatic rings. The van der Waals surface area contributed by atoms with Gasteiger partial charge in [-0.15, -0.1) is 10.2 Å². The second kappa shape index (κ2) is 7.51. The second-order valence-corrected chi connectivity index (χ2v) is 7.28. The predicted molar refractivity (Wildman–Crippen MR) is 99.9 cm³/mol. The van der Waals surface area contributed by atoms with E-state index in [0.717, 1.165) is 0 Å². The molecule has 1 amide bonds. The Hall–Kier alpha value is -1.96. The molecule has 0 radical (unpaired) electrons. The monoisotopic (exact) mass is 396 g/mol. The lowest BCUT2D eigenvalue weighted by atomic mass is 10.3. The van der Waals surface area contributed by atoms with E-state index in [9.17, 15) is 4.79 Å². The summed E-state index contributed by atoms with van der Waals surface area (Å²) in [5.74, 6) is 0.416. The van der Waals surface area contributed by atoms with Crippen LogP contribution in [-0.2, 0) is 4.79 Å². The summed E-state index contributed by atoms with van der Waals surface area (Å²) < 4.78 is 6.91. The quantitative estimate of drug-likeness (QED) is 0.655. The Morgan fingerprint density at radius 2 is 2.08 bits per heavy atom. The summed E-state index contributed by atoms with van der Waals surface area (Å²) >= 11 is 13.4. The molecule has 0 unspecified atom stereocenters. The highest BCUT2D eigenvalue weighted by atomic mass is 35.5. The molecule has 130 valence electrons. The molecule has 3 aromatic rings. The van der Waals surface area contributed by atoms with Crippen molar-refractivity contribution in [3.8, 4) is 5.75 Å². The lowest BCUT2D eigenvalue weighted by Crippen LogP contribution is -2.23. The molecule has 0 aliphatic heterocycles. The summed E-state index contributed by atoms with van der Waals surface area (Å²) in [6.07, 6.45) is 1.66. The van der Waals surface area contributed by atoms with Crippen LogP contribution in [0, 0.1) is 0 Å². The molecular formula is C16H14Cl2N4O2S. The maximum Gasteiger partial charge on any atom is 0.237 e. The molecule has 25 heavy (non-hydrogen) atoms. The van der Waals surface area contributed by atoms with E-state index in [2.05, 4.69) is 15.5 Å². The average molecular weight is 397 g/mol. The van der Waals surface area contributed by atoms with Crippen LogP contribution in [0.4, 0.5) is 5.69 Å². The molecule has 1 N–H and O–H groups in total. The van der Waals surface area contributed by atoms with Crippen molar-refractivity contribution in [2.45, 2.75) is 17.3 Å². The van der Waals surface area contributed by atoms with Gasteiger partial charge in [0.25, 0.3) is 0 Å². The van der Waals surface area contributed by atoms with Gasteiger partial charge in [-0.25, -0.2) is 0 Å². The summed E-state index contributed by atoms with van der Waals surface area (Å²) in [6, 6.07) is 8.82. The smallest absolute Gasteiger partial charge is 0.237 e. The normalized spacial score (nSPS) is 12.2. The first-order valence-electron chi connectivity index (χ1n) is 7.30. The molecule has 1 aromatic carbocycles. The number of benzene rings is 1. The minimum atomic E-state index is -0.421. The molecular weight excluding hydrogens is 383 g/mol. The number of anilines is 1. The number of methoxy groups -OCH3 is 1. The Morgan fingerprint density at radius 1 is 1.32 bits per heavy atom. The van der Waals surface area contributed by atoms with Gasteiger partial charge >= 0.3 is 0 Å². The summed E-state index contributed by atoms with van der Waals surface area (Å²) in [5, 5.41) is 11.9. The molecule has 0 spiro atoms. The number of thioether (sulfide) groups is 1. The van der Waals surface area contributed by atoms with Crippen LogP contribution in [0.2, 0.25) is 10.0 Å². The van der Waals surface area contributed by atoms with Gasteiger partial charge in [-0.3, -0.25) is 9.20 Å². The van der Waals surface area contributed by atoms with Gasteiger partial charge in [-0.05, 0) is 25.1 Å². The van der Waals surface area contributed by atoms with Gasteiger partial charge in [0.15, 0.2) is 10.8 Å². The van der Waals surface area contributed by atoms with E-state index in [0.29, 0.717) is 32.3 Å². The first-order valence-corrected chi connectivity index (χ1v) is 8.93. The molecule has 9 heteroatoms. The van der Waals surface area contributed by atoms with Crippen LogP contribution in [0.15, 0.2) is 41.7 Å². The van der Waals surface area contributed by atoms with Crippen LogP contribution in [-0.4, -0.2) is 32.9 Å². The van der Waals surface area contributed by atoms with E-state index in [1.54, 1.807) is 42.8 Å². The van der Waals surface area contributed by atoms with E-state index < -0.39 is 5.25 Å². The largest absolute Gasteiger partial charge is 0.495 e. The summed E-state index contributed by atoms with van der Waals surface area (Å²) in [7, 11) is 1.55. The first-order chi connectivity index (χ1) is 12.0. The zero-order valence-corrected chi connectivity index (χ0v) is 15.7. The number of aromatic nitrogens is 3. The van der Waals surface area contributed by atoms with Crippen molar-refractivity contribution in [1.82, 2.24) is 14.6 Å². The number of para-hydroxylation sites is 2. The van der Waals surface area contributed by atoms with Gasteiger partial charge in [-0.1, -0.05) is 47.1 Å². The number of ether oxygens (including phenoxy) is 1. The summed E-state index contributed by atoms with van der Waals surface area (Å²) in [6.45, 7) is 1.78. The molecule has 0 fully saturated rings. The van der Waals surface area contributed by atoms with Crippen LogP contribution in [0.3, 0.4) is 0 Å². The Labute approximate surface area is 158 Å². The van der Waals surface area contributed by atoms with Crippen LogP contribution in [0.5, 0.6) is 5.75 Å². The maximum absolute atomic E-state index is 12.5. The Morgan fingerprint density at radius 3 is 2.84 bits per heavy atom. The van der Waals surface area contributed by atoms with Crippen LogP contribution >= 0.6 is 35.0 Å². The van der Waals surface area contributed by atoms with Gasteiger partial charge in [0.05, 0.1) is 28.1 Å². The highest BCUT2D eigenvalue weighted by Gasteiger charge is 2.20. The van der Waals surface area contributed by atoms with Crippen molar-refractivity contribution < 1.29 is 9.53 Å². The van der Waals surface area contributed by atoms with Gasteiger partial charge in [0.1, 0.15) is 5.75 Å². The van der Waals surface area contributed by atoms with Gasteiger partial charge in [0, 0.05) is 6.20 Å². The fourth-order valence-electron chi connectivity index (χ4n) is 2.18. The number of pyridine rings is 1. The molecule has 6 nitrogen and oxygen atoms in total. The number of fused-ring (bicyclic) bond motifs is 1. The highest BCUT2D eigenvalue weighted by Crippen LogP contribution is 2.29. The SMILES string of the molecule is COc1ccccc1NC(=O)[C@H](C)Sc1nnc2c(Cl)cc(Cl)cn12. The minimum Gasteiger partial charge on any atom is -0.495 e. The molecule has 2 aromatic heterocycles. The third-order valence-electron chi connectivity index (χ3n) is 3.41. The van der Waals surface area contributed by atoms with Crippen molar-refractivity contribution in [2.24, 2.45) is 0 Å². The van der Waals surface area contributed by atoms with E-state index >= 15 is 0 Å². The number of nitrogens with one attached hydrogen (secondary N) is 1. The first kappa shape index (κ1) is 17.8. The van der Waals surface area contributed by atoms with Crippen molar-refractivity contribution in [2.75, 3.05) is 12.4 Å². The van der Waals surface area contributed by atoms with Crippen molar-refractivity contribution in [1.29, 1.82) is 0 Å². The number of halogens is 2. The number of carbonyl (C=O) groups is 1. The van der Waals surface area contributed by atoms with E-state index in [4.69, 9.17) is 27.9 Å². The Kier molecular flexibility index (Phi) is 5.36. The highest BCUT2D eigenvalue weighted by molar-refractivity contribution is 8.00. The molecule has 2 heterocycles. The minimum absolute atomic E-state index is 0.181.